The van der Waals surface area contributed by atoms with Crippen molar-refractivity contribution in [3.05, 3.63) is 71.3 Å². The summed E-state index contributed by atoms with van der Waals surface area (Å²) in [6.45, 7) is -0.789. The number of benzene rings is 1. The predicted octanol–water partition coefficient (Wildman–Crippen LogP) is 3.60. The molecule has 43 heavy (non-hydrogen) atoms. The number of imide groups is 1. The van der Waals surface area contributed by atoms with Crippen LogP contribution >= 0.6 is 0 Å². The first kappa shape index (κ1) is 27.3. The fraction of sp³-hybridized carbons (Fsp3) is 0.310. The quantitative estimate of drug-likeness (QED) is 0.277. The van der Waals surface area contributed by atoms with E-state index < -0.39 is 60.9 Å². The van der Waals surface area contributed by atoms with Gasteiger partial charge >= 0.3 is 6.18 Å². The Labute approximate surface area is 240 Å². The summed E-state index contributed by atoms with van der Waals surface area (Å²) in [5.41, 5.74) is 0.373. The number of carbonyl (C=O) groups is 3. The van der Waals surface area contributed by atoms with Crippen LogP contribution in [-0.2, 0) is 33.6 Å². The molecule has 0 bridgehead atoms. The highest BCUT2D eigenvalue weighted by atomic mass is 19.4. The van der Waals surface area contributed by atoms with Crippen molar-refractivity contribution in [1.29, 1.82) is 0 Å². The van der Waals surface area contributed by atoms with Crippen molar-refractivity contribution in [2.24, 2.45) is 0 Å². The number of amides is 3. The summed E-state index contributed by atoms with van der Waals surface area (Å²) in [7, 11) is 0. The van der Waals surface area contributed by atoms with Gasteiger partial charge in [-0.1, -0.05) is 18.2 Å². The minimum atomic E-state index is -4.83. The van der Waals surface area contributed by atoms with Crippen LogP contribution in [0.1, 0.15) is 35.4 Å². The molecule has 0 aliphatic carbocycles. The van der Waals surface area contributed by atoms with Crippen molar-refractivity contribution in [3.8, 4) is 0 Å². The molecule has 0 saturated carbocycles. The van der Waals surface area contributed by atoms with Crippen LogP contribution in [0.3, 0.4) is 0 Å². The van der Waals surface area contributed by atoms with Crippen LogP contribution < -0.4 is 10.6 Å². The van der Waals surface area contributed by atoms with E-state index in [-0.39, 0.29) is 47.2 Å². The molecule has 3 amide bonds. The lowest BCUT2D eigenvalue weighted by molar-refractivity contribution is -0.145. The molecule has 3 aliphatic heterocycles. The Morgan fingerprint density at radius 2 is 1.77 bits per heavy atom. The number of halogens is 5. The van der Waals surface area contributed by atoms with Crippen molar-refractivity contribution in [2.75, 3.05) is 13.1 Å². The third kappa shape index (κ3) is 4.39. The zero-order valence-corrected chi connectivity index (χ0v) is 22.3. The van der Waals surface area contributed by atoms with Gasteiger partial charge in [-0.3, -0.25) is 24.1 Å². The number of carbonyl (C=O) groups excluding carboxylic acids is 3. The van der Waals surface area contributed by atoms with Gasteiger partial charge in [-0.25, -0.2) is 13.8 Å². The molecule has 14 heteroatoms. The SMILES string of the molecule is O=C1NC(=O)C(c2cnc3ccccn23)=C1c1ccc2c3c1cc(C(F)(F)F)n3CC(C(=O)N1CCC(F)(F)CC1)NC2. The van der Waals surface area contributed by atoms with Crippen LogP contribution in [0.2, 0.25) is 0 Å². The lowest BCUT2D eigenvalue weighted by atomic mass is 9.95. The molecule has 1 unspecified atom stereocenters. The second-order valence-corrected chi connectivity index (χ2v) is 10.9. The average Bonchev–Trinajstić information content (AvgIpc) is 3.59. The summed E-state index contributed by atoms with van der Waals surface area (Å²) < 4.78 is 73.4. The maximum atomic E-state index is 14.5. The van der Waals surface area contributed by atoms with Crippen molar-refractivity contribution in [3.63, 3.8) is 0 Å². The van der Waals surface area contributed by atoms with Crippen LogP contribution in [-0.4, -0.2) is 61.6 Å². The number of fused-ring (bicyclic) bond motifs is 1. The summed E-state index contributed by atoms with van der Waals surface area (Å²) in [5, 5.41) is 5.36. The molecule has 2 N–H and O–H groups in total. The van der Waals surface area contributed by atoms with Crippen LogP contribution in [0.4, 0.5) is 22.0 Å². The van der Waals surface area contributed by atoms with Gasteiger partial charge < -0.3 is 14.8 Å². The summed E-state index contributed by atoms with van der Waals surface area (Å²) in [5.74, 6) is -4.91. The van der Waals surface area contributed by atoms with E-state index in [4.69, 9.17) is 0 Å². The predicted molar refractivity (Wildman–Crippen MR) is 143 cm³/mol. The monoisotopic (exact) mass is 598 g/mol. The highest BCUT2D eigenvalue weighted by molar-refractivity contribution is 6.49. The van der Waals surface area contributed by atoms with E-state index in [1.54, 1.807) is 34.9 Å². The van der Waals surface area contributed by atoms with E-state index in [1.165, 1.54) is 17.2 Å². The van der Waals surface area contributed by atoms with E-state index in [0.717, 1.165) is 10.6 Å². The van der Waals surface area contributed by atoms with Crippen LogP contribution in [0.5, 0.6) is 0 Å². The molecule has 1 atom stereocenters. The van der Waals surface area contributed by atoms with E-state index >= 15 is 0 Å². The zero-order chi connectivity index (χ0) is 30.3. The highest BCUT2D eigenvalue weighted by Gasteiger charge is 2.42. The Morgan fingerprint density at radius 3 is 2.51 bits per heavy atom. The fourth-order valence-corrected chi connectivity index (χ4v) is 6.23. The van der Waals surface area contributed by atoms with Gasteiger partial charge in [0.25, 0.3) is 17.7 Å². The van der Waals surface area contributed by atoms with E-state index in [0.29, 0.717) is 16.9 Å². The molecule has 1 aromatic carbocycles. The molecule has 0 spiro atoms. The Bertz CT molecular complexity index is 1880. The number of rotatable bonds is 3. The standard InChI is InChI=1S/C29H23F5N6O3/c30-28(31)6-9-38(10-7-28)27(43)18-14-40-20(29(32,33)34)11-17-16(5-4-15(12-35-18)24(17)40)22-23(26(42)37-25(22)41)19-13-36-21-3-1-2-8-39(19)21/h1-5,8,11,13,18,35H,6-7,9-10,12,14H2,(H,37,41,42). The topological polar surface area (TPSA) is 101 Å². The minimum absolute atomic E-state index is 0.0167. The second kappa shape index (κ2) is 9.46. The lowest BCUT2D eigenvalue weighted by Gasteiger charge is -2.34. The van der Waals surface area contributed by atoms with Gasteiger partial charge in [-0.15, -0.1) is 0 Å². The number of hydrogen-bond donors (Lipinski definition) is 2. The van der Waals surface area contributed by atoms with Gasteiger partial charge in [0.2, 0.25) is 5.91 Å². The highest BCUT2D eigenvalue weighted by Crippen LogP contribution is 2.42. The van der Waals surface area contributed by atoms with Crippen LogP contribution in [0.15, 0.2) is 48.8 Å². The molecule has 7 rings (SSSR count). The number of pyridine rings is 1. The Morgan fingerprint density at radius 1 is 1.02 bits per heavy atom. The maximum Gasteiger partial charge on any atom is 0.431 e. The summed E-state index contributed by atoms with van der Waals surface area (Å²) >= 11 is 0. The molecule has 3 aromatic heterocycles. The first-order valence-corrected chi connectivity index (χ1v) is 13.6. The Kier molecular flexibility index (Phi) is 6.00. The number of likely N-dealkylation sites (tertiary alicyclic amines) is 1. The number of hydrogen-bond acceptors (Lipinski definition) is 5. The number of imidazole rings is 1. The third-order valence-corrected chi connectivity index (χ3v) is 8.32. The summed E-state index contributed by atoms with van der Waals surface area (Å²) in [6, 6.07) is 8.04. The molecule has 222 valence electrons. The van der Waals surface area contributed by atoms with Crippen molar-refractivity contribution in [1.82, 2.24) is 29.5 Å². The first-order valence-electron chi connectivity index (χ1n) is 13.6. The Balaban J connectivity index is 1.38. The fourth-order valence-electron chi connectivity index (χ4n) is 6.23. The first-order chi connectivity index (χ1) is 20.4. The lowest BCUT2D eigenvalue weighted by Crippen LogP contribution is -2.51. The normalized spacial score (nSPS) is 20.7. The number of nitrogens with zero attached hydrogens (tertiary/aromatic N) is 4. The molecule has 1 saturated heterocycles. The van der Waals surface area contributed by atoms with Gasteiger partial charge in [0.1, 0.15) is 17.4 Å². The molecule has 3 aliphatic rings. The van der Waals surface area contributed by atoms with E-state index in [9.17, 15) is 36.3 Å². The van der Waals surface area contributed by atoms with E-state index in [1.807, 2.05) is 0 Å². The van der Waals surface area contributed by atoms with Gasteiger partial charge in [0.15, 0.2) is 0 Å². The largest absolute Gasteiger partial charge is 0.431 e. The minimum Gasteiger partial charge on any atom is -0.341 e. The van der Waals surface area contributed by atoms with Gasteiger partial charge in [0, 0.05) is 50.6 Å². The molecular formula is C29H23F5N6O3. The maximum absolute atomic E-state index is 14.5. The summed E-state index contributed by atoms with van der Waals surface area (Å²) in [6.07, 6.45) is -2.77. The Hall–Kier alpha value is -4.59. The van der Waals surface area contributed by atoms with Crippen molar-refractivity contribution >= 4 is 45.4 Å². The van der Waals surface area contributed by atoms with Crippen LogP contribution in [0.25, 0.3) is 27.7 Å². The number of piperidine rings is 1. The smallest absolute Gasteiger partial charge is 0.341 e. The number of alkyl halides is 5. The molecule has 1 fully saturated rings. The third-order valence-electron chi connectivity index (χ3n) is 8.32. The van der Waals surface area contributed by atoms with Gasteiger partial charge in [0.05, 0.1) is 28.6 Å². The van der Waals surface area contributed by atoms with Crippen molar-refractivity contribution < 1.29 is 36.3 Å². The number of nitrogens with one attached hydrogen (secondary N) is 2. The van der Waals surface area contributed by atoms with Gasteiger partial charge in [-0.2, -0.15) is 13.2 Å². The molecular weight excluding hydrogens is 575 g/mol. The second-order valence-electron chi connectivity index (χ2n) is 10.9. The summed E-state index contributed by atoms with van der Waals surface area (Å²) in [4.78, 5) is 45.1. The molecule has 6 heterocycles. The van der Waals surface area contributed by atoms with Gasteiger partial charge in [-0.05, 0) is 29.3 Å². The molecule has 9 nitrogen and oxygen atoms in total. The van der Waals surface area contributed by atoms with Crippen molar-refractivity contribution in [2.45, 2.75) is 44.1 Å². The molecule has 0 radical (unpaired) electrons. The van der Waals surface area contributed by atoms with Crippen LogP contribution in [0, 0.1) is 0 Å². The van der Waals surface area contributed by atoms with E-state index in [2.05, 4.69) is 15.6 Å². The number of aromatic nitrogens is 3. The average molecular weight is 599 g/mol. The zero-order valence-electron chi connectivity index (χ0n) is 22.3. The molecule has 4 aromatic rings.